The summed E-state index contributed by atoms with van der Waals surface area (Å²) in [6.45, 7) is 5.46. The van der Waals surface area contributed by atoms with E-state index in [1.54, 1.807) is 18.2 Å². The molecule has 196 valence electrons. The molecule has 0 atom stereocenters. The maximum absolute atomic E-state index is 13.3. The summed E-state index contributed by atoms with van der Waals surface area (Å²) in [6, 6.07) is 4.59. The largest absolute Gasteiger partial charge is 0.339 e. The van der Waals surface area contributed by atoms with Gasteiger partial charge in [0, 0.05) is 31.6 Å². The average molecular weight is 515 g/mol. The van der Waals surface area contributed by atoms with E-state index < -0.39 is 6.03 Å². The zero-order valence-electron chi connectivity index (χ0n) is 21.3. The van der Waals surface area contributed by atoms with Crippen LogP contribution in [0.1, 0.15) is 81.0 Å². The molecule has 7 nitrogen and oxygen atoms in total. The van der Waals surface area contributed by atoms with Crippen LogP contribution in [0.3, 0.4) is 0 Å². The molecule has 0 radical (unpaired) electrons. The van der Waals surface area contributed by atoms with Crippen LogP contribution in [0.15, 0.2) is 18.2 Å². The Morgan fingerprint density at radius 3 is 2.36 bits per heavy atom. The maximum atomic E-state index is 13.3. The Hall–Kier alpha value is -2.12. The number of piperidine rings is 2. The summed E-state index contributed by atoms with van der Waals surface area (Å²) in [5.74, 6) is 0.641. The highest BCUT2D eigenvalue weighted by molar-refractivity contribution is 6.34. The molecule has 3 heterocycles. The van der Waals surface area contributed by atoms with E-state index >= 15 is 0 Å². The molecular formula is C28H39ClN4O3. The van der Waals surface area contributed by atoms with Crippen molar-refractivity contribution in [2.75, 3.05) is 44.2 Å². The van der Waals surface area contributed by atoms with Gasteiger partial charge in [0.2, 0.25) is 5.91 Å². The first kappa shape index (κ1) is 25.5. The van der Waals surface area contributed by atoms with Crippen LogP contribution >= 0.6 is 11.6 Å². The molecule has 1 N–H and O–H groups in total. The minimum atomic E-state index is -0.497. The second kappa shape index (κ2) is 11.1. The fourth-order valence-corrected chi connectivity index (χ4v) is 6.82. The Labute approximate surface area is 219 Å². The van der Waals surface area contributed by atoms with Gasteiger partial charge in [-0.1, -0.05) is 43.7 Å². The fraction of sp³-hybridized carbons (Fsp3) is 0.679. The Balaban J connectivity index is 1.13. The van der Waals surface area contributed by atoms with Gasteiger partial charge in [0.15, 0.2) is 0 Å². The van der Waals surface area contributed by atoms with Crippen LogP contribution in [0.2, 0.25) is 5.02 Å². The predicted molar refractivity (Wildman–Crippen MR) is 141 cm³/mol. The quantitative estimate of drug-likeness (QED) is 0.595. The van der Waals surface area contributed by atoms with Crippen LogP contribution in [0.5, 0.6) is 0 Å². The SMILES string of the molecule is O=C1CCN(c2cc(C(=O)N3CCC4(CCN(CCC5CCCCC5)CC4)CC3)ccc2Cl)C(=O)N1. The zero-order valence-corrected chi connectivity index (χ0v) is 22.0. The molecule has 1 saturated carbocycles. The number of hydrogen-bond acceptors (Lipinski definition) is 4. The van der Waals surface area contributed by atoms with E-state index in [9.17, 15) is 14.4 Å². The summed E-state index contributed by atoms with van der Waals surface area (Å²) in [7, 11) is 0. The number of hydrogen-bond donors (Lipinski definition) is 1. The van der Waals surface area contributed by atoms with Gasteiger partial charge in [0.05, 0.1) is 10.7 Å². The molecule has 0 aromatic heterocycles. The Kier molecular flexibility index (Phi) is 7.87. The molecule has 5 rings (SSSR count). The number of urea groups is 1. The van der Waals surface area contributed by atoms with E-state index in [0.717, 1.165) is 31.8 Å². The van der Waals surface area contributed by atoms with Gasteiger partial charge in [-0.15, -0.1) is 0 Å². The third kappa shape index (κ3) is 5.72. The molecule has 3 saturated heterocycles. The number of imide groups is 1. The minimum absolute atomic E-state index is 0.0128. The monoisotopic (exact) mass is 514 g/mol. The van der Waals surface area contributed by atoms with E-state index in [2.05, 4.69) is 10.2 Å². The standard InChI is InChI=1S/C28H39ClN4O3/c29-23-7-6-22(20-24(23)33-15-9-25(34)30-27(33)36)26(35)32-18-12-28(13-19-32)10-16-31(17-11-28)14-8-21-4-2-1-3-5-21/h6-7,20-21H,1-5,8-19H2,(H,30,34,36). The normalized spacial score (nSPS) is 23.7. The Bertz CT molecular complexity index is 975. The van der Waals surface area contributed by atoms with Crippen LogP contribution in [-0.2, 0) is 4.79 Å². The second-order valence-electron chi connectivity index (χ2n) is 11.3. The number of nitrogens with zero attached hydrogens (tertiary/aromatic N) is 3. The maximum Gasteiger partial charge on any atom is 0.328 e. The minimum Gasteiger partial charge on any atom is -0.339 e. The number of carbonyl (C=O) groups excluding carboxylic acids is 3. The van der Waals surface area contributed by atoms with E-state index in [1.165, 1.54) is 75.9 Å². The van der Waals surface area contributed by atoms with E-state index in [-0.39, 0.29) is 24.8 Å². The van der Waals surface area contributed by atoms with Crippen LogP contribution in [0.25, 0.3) is 0 Å². The number of anilines is 1. The van der Waals surface area contributed by atoms with Crippen molar-refractivity contribution in [3.05, 3.63) is 28.8 Å². The van der Waals surface area contributed by atoms with Crippen molar-refractivity contribution in [2.45, 2.75) is 70.6 Å². The van der Waals surface area contributed by atoms with Crippen LogP contribution in [0.4, 0.5) is 10.5 Å². The lowest BCUT2D eigenvalue weighted by atomic mass is 9.71. The van der Waals surface area contributed by atoms with Crippen molar-refractivity contribution in [3.8, 4) is 0 Å². The Morgan fingerprint density at radius 2 is 1.67 bits per heavy atom. The van der Waals surface area contributed by atoms with Crippen molar-refractivity contribution in [2.24, 2.45) is 11.3 Å². The number of carbonyl (C=O) groups is 3. The number of amides is 4. The molecule has 4 fully saturated rings. The molecule has 0 unspecified atom stereocenters. The first-order chi connectivity index (χ1) is 17.4. The van der Waals surface area contributed by atoms with Gasteiger partial charge in [0.25, 0.3) is 5.91 Å². The summed E-state index contributed by atoms with van der Waals surface area (Å²) >= 11 is 6.36. The topological polar surface area (TPSA) is 73.0 Å². The molecule has 8 heteroatoms. The summed E-state index contributed by atoms with van der Waals surface area (Å²) in [4.78, 5) is 43.2. The van der Waals surface area contributed by atoms with Gasteiger partial charge in [-0.2, -0.15) is 0 Å². The van der Waals surface area contributed by atoms with Crippen molar-refractivity contribution in [1.29, 1.82) is 0 Å². The third-order valence-corrected chi connectivity index (χ3v) is 9.46. The molecule has 3 aliphatic heterocycles. The molecule has 0 bridgehead atoms. The van der Waals surface area contributed by atoms with Crippen molar-refractivity contribution < 1.29 is 14.4 Å². The van der Waals surface area contributed by atoms with Crippen molar-refractivity contribution in [3.63, 3.8) is 0 Å². The molecule has 1 spiro atoms. The van der Waals surface area contributed by atoms with Crippen molar-refractivity contribution >= 4 is 35.1 Å². The van der Waals surface area contributed by atoms with Crippen LogP contribution in [0, 0.1) is 11.3 Å². The molecule has 1 aromatic carbocycles. The zero-order chi connectivity index (χ0) is 25.1. The smallest absolute Gasteiger partial charge is 0.328 e. The van der Waals surface area contributed by atoms with E-state index in [4.69, 9.17) is 11.6 Å². The van der Waals surface area contributed by atoms with Gasteiger partial charge in [-0.05, 0) is 81.3 Å². The number of benzene rings is 1. The third-order valence-electron chi connectivity index (χ3n) is 9.14. The fourth-order valence-electron chi connectivity index (χ4n) is 6.61. The highest BCUT2D eigenvalue weighted by Gasteiger charge is 2.39. The molecule has 4 aliphatic rings. The molecular weight excluding hydrogens is 476 g/mol. The molecule has 1 aromatic rings. The van der Waals surface area contributed by atoms with E-state index in [0.29, 0.717) is 21.7 Å². The number of rotatable bonds is 5. The van der Waals surface area contributed by atoms with Gasteiger partial charge in [0.1, 0.15) is 0 Å². The molecule has 1 aliphatic carbocycles. The number of likely N-dealkylation sites (tertiary alicyclic amines) is 2. The molecule has 36 heavy (non-hydrogen) atoms. The number of nitrogens with one attached hydrogen (secondary N) is 1. The summed E-state index contributed by atoms with van der Waals surface area (Å²) in [5, 5.41) is 2.71. The van der Waals surface area contributed by atoms with Crippen LogP contribution < -0.4 is 10.2 Å². The lowest BCUT2D eigenvalue weighted by molar-refractivity contribution is -0.120. The predicted octanol–water partition coefficient (Wildman–Crippen LogP) is 5.07. The van der Waals surface area contributed by atoms with E-state index in [1.807, 2.05) is 4.90 Å². The summed E-state index contributed by atoms with van der Waals surface area (Å²) in [6.07, 6.45) is 13.3. The Morgan fingerprint density at radius 1 is 0.972 bits per heavy atom. The second-order valence-corrected chi connectivity index (χ2v) is 11.8. The average Bonchev–Trinajstić information content (AvgIpc) is 2.90. The van der Waals surface area contributed by atoms with Gasteiger partial charge < -0.3 is 9.80 Å². The summed E-state index contributed by atoms with van der Waals surface area (Å²) in [5.41, 5.74) is 1.39. The van der Waals surface area contributed by atoms with Gasteiger partial charge >= 0.3 is 6.03 Å². The van der Waals surface area contributed by atoms with Crippen LogP contribution in [-0.4, -0.2) is 66.9 Å². The first-order valence-electron chi connectivity index (χ1n) is 13.9. The summed E-state index contributed by atoms with van der Waals surface area (Å²) < 4.78 is 0. The number of halogens is 1. The lowest BCUT2D eigenvalue weighted by Crippen LogP contribution is -2.50. The highest BCUT2D eigenvalue weighted by Crippen LogP contribution is 2.42. The highest BCUT2D eigenvalue weighted by atomic mass is 35.5. The lowest BCUT2D eigenvalue weighted by Gasteiger charge is -2.47. The van der Waals surface area contributed by atoms with Crippen molar-refractivity contribution in [1.82, 2.24) is 15.1 Å². The van der Waals surface area contributed by atoms with Gasteiger partial charge in [-0.3, -0.25) is 19.8 Å². The molecule has 4 amide bonds. The van der Waals surface area contributed by atoms with Gasteiger partial charge in [-0.25, -0.2) is 4.79 Å². The first-order valence-corrected chi connectivity index (χ1v) is 14.2.